The van der Waals surface area contributed by atoms with E-state index in [1.165, 1.54) is 6.92 Å². The molecule has 0 aliphatic heterocycles. The fourth-order valence-corrected chi connectivity index (χ4v) is 0.621. The zero-order chi connectivity index (χ0) is 9.72. The van der Waals surface area contributed by atoms with Crippen LogP contribution in [-0.4, -0.2) is 46.3 Å². The standard InChI is InChI=1S/C6H12N2O4.H2O/c1-3(9)5(6(11)12)8-4(10)2-7;/h3,5,9H,2,7H2,1H3,(H,8,10)(H,11,12);1H2. The highest BCUT2D eigenvalue weighted by molar-refractivity contribution is 5.84. The maximum absolute atomic E-state index is 10.6. The first-order chi connectivity index (χ1) is 5.49. The molecular weight excluding hydrogens is 180 g/mol. The number of carbonyl (C=O) groups is 2. The molecule has 1 amide bonds. The van der Waals surface area contributed by atoms with Gasteiger partial charge in [0.25, 0.3) is 0 Å². The van der Waals surface area contributed by atoms with Gasteiger partial charge in [-0.15, -0.1) is 0 Å². The van der Waals surface area contributed by atoms with Crippen LogP contribution < -0.4 is 11.1 Å². The Balaban J connectivity index is 0. The molecule has 7 heteroatoms. The summed E-state index contributed by atoms with van der Waals surface area (Å²) in [6.45, 7) is 0.978. The third-order valence-corrected chi connectivity index (χ3v) is 1.25. The molecule has 0 aliphatic carbocycles. The van der Waals surface area contributed by atoms with Gasteiger partial charge in [0.1, 0.15) is 0 Å². The summed E-state index contributed by atoms with van der Waals surface area (Å²) < 4.78 is 0. The number of aliphatic hydroxyl groups excluding tert-OH is 1. The molecule has 0 aliphatic rings. The number of aliphatic carboxylic acids is 1. The third-order valence-electron chi connectivity index (χ3n) is 1.25. The maximum Gasteiger partial charge on any atom is 0.328 e. The van der Waals surface area contributed by atoms with Crippen molar-refractivity contribution in [2.45, 2.75) is 19.1 Å². The summed E-state index contributed by atoms with van der Waals surface area (Å²) >= 11 is 0. The Labute approximate surface area is 74.8 Å². The minimum Gasteiger partial charge on any atom is -0.480 e. The topological polar surface area (TPSA) is 144 Å². The van der Waals surface area contributed by atoms with E-state index in [0.29, 0.717) is 0 Å². The summed E-state index contributed by atoms with van der Waals surface area (Å²) in [5, 5.41) is 19.4. The van der Waals surface area contributed by atoms with Crippen molar-refractivity contribution in [3.05, 3.63) is 0 Å². The molecule has 0 aromatic rings. The van der Waals surface area contributed by atoms with Crippen LogP contribution in [0.3, 0.4) is 0 Å². The highest BCUT2D eigenvalue weighted by atomic mass is 16.4. The number of nitrogens with one attached hydrogen (secondary N) is 1. The first-order valence-electron chi connectivity index (χ1n) is 3.39. The van der Waals surface area contributed by atoms with E-state index in [2.05, 4.69) is 5.32 Å². The van der Waals surface area contributed by atoms with E-state index in [0.717, 1.165) is 0 Å². The van der Waals surface area contributed by atoms with Crippen LogP contribution in [0, 0.1) is 0 Å². The predicted molar refractivity (Wildman–Crippen MR) is 43.9 cm³/mol. The largest absolute Gasteiger partial charge is 0.480 e. The Bertz CT molecular complexity index is 182. The van der Waals surface area contributed by atoms with Crippen LogP contribution in [0.25, 0.3) is 0 Å². The fourth-order valence-electron chi connectivity index (χ4n) is 0.621. The molecule has 0 heterocycles. The zero-order valence-corrected chi connectivity index (χ0v) is 7.15. The highest BCUT2D eigenvalue weighted by Crippen LogP contribution is 1.91. The summed E-state index contributed by atoms with van der Waals surface area (Å²) in [7, 11) is 0. The average Bonchev–Trinajstić information content (AvgIpc) is 1.98. The molecule has 2 unspecified atom stereocenters. The lowest BCUT2D eigenvalue weighted by atomic mass is 10.2. The fraction of sp³-hybridized carbons (Fsp3) is 0.667. The summed E-state index contributed by atoms with van der Waals surface area (Å²) in [4.78, 5) is 21.0. The summed E-state index contributed by atoms with van der Waals surface area (Å²) in [6, 6.07) is -1.29. The van der Waals surface area contributed by atoms with Crippen molar-refractivity contribution >= 4 is 11.9 Å². The number of carboxylic acids is 1. The Kier molecular flexibility index (Phi) is 7.01. The van der Waals surface area contributed by atoms with Crippen molar-refractivity contribution in [2.24, 2.45) is 5.73 Å². The first-order valence-corrected chi connectivity index (χ1v) is 3.39. The zero-order valence-electron chi connectivity index (χ0n) is 7.15. The van der Waals surface area contributed by atoms with E-state index in [1.54, 1.807) is 0 Å². The SMILES string of the molecule is CC(O)C(NC(=O)CN)C(=O)O.O. The molecule has 7 nitrogen and oxygen atoms in total. The van der Waals surface area contributed by atoms with Crippen LogP contribution >= 0.6 is 0 Å². The second kappa shape index (κ2) is 6.35. The number of hydrogen-bond acceptors (Lipinski definition) is 4. The lowest BCUT2D eigenvalue weighted by molar-refractivity contribution is -0.144. The smallest absolute Gasteiger partial charge is 0.328 e. The van der Waals surface area contributed by atoms with Crippen molar-refractivity contribution in [1.29, 1.82) is 0 Å². The van der Waals surface area contributed by atoms with Gasteiger partial charge in [0, 0.05) is 0 Å². The Morgan fingerprint density at radius 3 is 2.23 bits per heavy atom. The van der Waals surface area contributed by atoms with E-state index < -0.39 is 24.0 Å². The monoisotopic (exact) mass is 194 g/mol. The van der Waals surface area contributed by atoms with Crippen molar-refractivity contribution in [3.63, 3.8) is 0 Å². The van der Waals surface area contributed by atoms with Crippen LogP contribution in [0.1, 0.15) is 6.92 Å². The number of carbonyl (C=O) groups excluding carboxylic acids is 1. The molecule has 0 aromatic heterocycles. The Morgan fingerprint density at radius 2 is 2.00 bits per heavy atom. The van der Waals surface area contributed by atoms with Crippen molar-refractivity contribution < 1.29 is 25.3 Å². The van der Waals surface area contributed by atoms with Crippen LogP contribution in [0.5, 0.6) is 0 Å². The van der Waals surface area contributed by atoms with E-state index >= 15 is 0 Å². The second-order valence-corrected chi connectivity index (χ2v) is 2.33. The van der Waals surface area contributed by atoms with Crippen LogP contribution in [0.15, 0.2) is 0 Å². The number of hydrogen-bond donors (Lipinski definition) is 4. The molecule has 0 spiro atoms. The molecule has 0 fully saturated rings. The molecule has 0 radical (unpaired) electrons. The second-order valence-electron chi connectivity index (χ2n) is 2.33. The van der Waals surface area contributed by atoms with Crippen LogP contribution in [0.2, 0.25) is 0 Å². The lowest BCUT2D eigenvalue weighted by Gasteiger charge is -2.15. The molecule has 7 N–H and O–H groups in total. The summed E-state index contributed by atoms with van der Waals surface area (Å²) in [6.07, 6.45) is -1.14. The lowest BCUT2D eigenvalue weighted by Crippen LogP contribution is -2.49. The molecular formula is C6H14N2O5. The van der Waals surface area contributed by atoms with Gasteiger partial charge >= 0.3 is 5.97 Å². The Hall–Kier alpha value is -1.18. The van der Waals surface area contributed by atoms with Crippen molar-refractivity contribution in [2.75, 3.05) is 6.54 Å². The van der Waals surface area contributed by atoms with Gasteiger partial charge < -0.3 is 26.7 Å². The van der Waals surface area contributed by atoms with E-state index in [1.807, 2.05) is 0 Å². The summed E-state index contributed by atoms with van der Waals surface area (Å²) in [5.74, 6) is -1.89. The van der Waals surface area contributed by atoms with Gasteiger partial charge in [-0.1, -0.05) is 0 Å². The quantitative estimate of drug-likeness (QED) is 0.378. The number of carboxylic acid groups (broad SMARTS) is 1. The molecule has 0 aromatic carbocycles. The normalized spacial score (nSPS) is 13.8. The van der Waals surface area contributed by atoms with Gasteiger partial charge in [-0.05, 0) is 6.92 Å². The molecule has 2 atom stereocenters. The van der Waals surface area contributed by atoms with Gasteiger partial charge in [-0.25, -0.2) is 4.79 Å². The predicted octanol–water partition coefficient (Wildman–Crippen LogP) is -2.93. The van der Waals surface area contributed by atoms with Crippen molar-refractivity contribution in [1.82, 2.24) is 5.32 Å². The van der Waals surface area contributed by atoms with Gasteiger partial charge in [0.2, 0.25) is 5.91 Å². The van der Waals surface area contributed by atoms with Gasteiger partial charge in [0.15, 0.2) is 6.04 Å². The molecule has 0 saturated carbocycles. The molecule has 0 bridgehead atoms. The molecule has 78 valence electrons. The van der Waals surface area contributed by atoms with Crippen LogP contribution in [0.4, 0.5) is 0 Å². The van der Waals surface area contributed by atoms with Gasteiger partial charge in [-0.3, -0.25) is 4.79 Å². The van der Waals surface area contributed by atoms with Gasteiger partial charge in [0.05, 0.1) is 12.6 Å². The number of nitrogens with two attached hydrogens (primary N) is 1. The van der Waals surface area contributed by atoms with E-state index in [4.69, 9.17) is 15.9 Å². The molecule has 0 rings (SSSR count). The van der Waals surface area contributed by atoms with Gasteiger partial charge in [-0.2, -0.15) is 0 Å². The minimum atomic E-state index is -1.29. The van der Waals surface area contributed by atoms with Crippen LogP contribution in [-0.2, 0) is 9.59 Å². The maximum atomic E-state index is 10.6. The van der Waals surface area contributed by atoms with E-state index in [-0.39, 0.29) is 12.0 Å². The third kappa shape index (κ3) is 5.12. The molecule has 0 saturated heterocycles. The van der Waals surface area contributed by atoms with E-state index in [9.17, 15) is 9.59 Å². The minimum absolute atomic E-state index is 0. The Morgan fingerprint density at radius 1 is 1.54 bits per heavy atom. The number of rotatable bonds is 4. The first kappa shape index (κ1) is 14.3. The summed E-state index contributed by atoms with van der Waals surface area (Å²) in [5.41, 5.74) is 4.93. The highest BCUT2D eigenvalue weighted by Gasteiger charge is 2.23. The van der Waals surface area contributed by atoms with Crippen molar-refractivity contribution in [3.8, 4) is 0 Å². The number of aliphatic hydroxyl groups is 1. The number of amides is 1. The average molecular weight is 194 g/mol. The molecule has 13 heavy (non-hydrogen) atoms.